The van der Waals surface area contributed by atoms with Crippen LogP contribution in [0.4, 0.5) is 0 Å². The smallest absolute Gasteiger partial charge is 0.0473 e. The van der Waals surface area contributed by atoms with Crippen LogP contribution in [0.1, 0.15) is 1.37 Å². The SMILES string of the molecule is [2H]C(P(P(P)P)P(P)P)(P(P(P)P)P(P)P)P(P(P)P)P(P)P. The lowest BCUT2D eigenvalue weighted by atomic mass is 11.9. The molecule has 0 N–H and O–H groups in total. The van der Waals surface area contributed by atoms with E-state index >= 15 is 0 Å². The molecule has 0 aromatic heterocycles. The molecule has 0 heterocycles. The first-order valence-electron chi connectivity index (χ1n) is 5.47. The van der Waals surface area contributed by atoms with E-state index in [4.69, 9.17) is 0 Å². The fourth-order valence-electron chi connectivity index (χ4n) is 1.22. The third kappa shape index (κ3) is 11.2. The van der Waals surface area contributed by atoms with Gasteiger partial charge in [-0.1, -0.05) is 0 Å². The first-order chi connectivity index (χ1) is 10.3. The van der Waals surface area contributed by atoms with E-state index in [9.17, 15) is 1.37 Å². The largest absolute Gasteiger partial charge is 0.102 e. The van der Waals surface area contributed by atoms with E-state index in [-0.39, 0.29) is 68.9 Å². The lowest BCUT2D eigenvalue weighted by Crippen LogP contribution is -1.90. The molecular weight excluding hydrogens is 662 g/mol. The standard InChI is InChI=1S/CH25P21/c2-17(3)14(18(4)5)1(15(19(6)7)20(8)9)16(21(10)11)22(12)13/h1H,2-13H2/i1D. The molecule has 0 aromatic carbocycles. The molecule has 21 heteroatoms. The molecular formula is CH25P21. The lowest BCUT2D eigenvalue weighted by Gasteiger charge is -2.47. The van der Waals surface area contributed by atoms with Crippen molar-refractivity contribution in [3.63, 3.8) is 0 Å². The Morgan fingerprint density at radius 2 is 0.545 bits per heavy atom. The molecule has 134 valence electrons. The quantitative estimate of drug-likeness (QED) is 0.212. The van der Waals surface area contributed by atoms with Gasteiger partial charge < -0.3 is 0 Å². The summed E-state index contributed by atoms with van der Waals surface area (Å²) >= 11 is 0. The zero-order valence-electron chi connectivity index (χ0n) is 12.5. The molecule has 12 unspecified atom stereocenters. The van der Waals surface area contributed by atoms with Crippen LogP contribution in [0.5, 0.6) is 0 Å². The summed E-state index contributed by atoms with van der Waals surface area (Å²) in [6.07, 6.45) is 0. The molecule has 0 aliphatic heterocycles. The van der Waals surface area contributed by atoms with Crippen molar-refractivity contribution in [1.82, 2.24) is 0 Å². The van der Waals surface area contributed by atoms with Crippen LogP contribution in [0.2, 0.25) is 0 Å². The van der Waals surface area contributed by atoms with Crippen LogP contribution < -0.4 is 0 Å². The van der Waals surface area contributed by atoms with Crippen molar-refractivity contribution in [2.45, 2.75) is 5.12 Å². The molecule has 0 amide bonds. The number of hydrogen-bond donors (Lipinski definition) is 0. The van der Waals surface area contributed by atoms with Gasteiger partial charge >= 0.3 is 0 Å². The molecule has 0 aliphatic carbocycles. The second-order valence-electron chi connectivity index (χ2n) is 3.45. The Balaban J connectivity index is 6.45. The lowest BCUT2D eigenvalue weighted by molar-refractivity contribution is 2.05. The minimum Gasteiger partial charge on any atom is -0.102 e. The summed E-state index contributed by atoms with van der Waals surface area (Å²) in [6, 6.07) is 0. The van der Waals surface area contributed by atoms with Crippen LogP contribution >= 0.6 is 171 Å². The first kappa shape index (κ1) is 29.1. The molecule has 0 radical (unpaired) electrons. The van der Waals surface area contributed by atoms with Crippen molar-refractivity contribution in [2.75, 3.05) is 0 Å². The summed E-state index contributed by atoms with van der Waals surface area (Å²) < 4.78 is 10.00. The van der Waals surface area contributed by atoms with Gasteiger partial charge in [0.05, 0.1) is 0 Å². The normalized spacial score (nSPS) is 15.0. The van der Waals surface area contributed by atoms with Gasteiger partial charge in [-0.3, -0.25) is 0 Å². The average molecular weight is 689 g/mol. The van der Waals surface area contributed by atoms with Crippen LogP contribution in [0.3, 0.4) is 0 Å². The molecule has 0 bridgehead atoms. The van der Waals surface area contributed by atoms with Gasteiger partial charge in [0.1, 0.15) is 0 Å². The monoisotopic (exact) mass is 689 g/mol. The Morgan fingerprint density at radius 3 is 0.636 bits per heavy atom. The zero-order chi connectivity index (χ0) is 18.7. The Kier molecular flexibility index (Phi) is 21.9. The fraction of sp³-hybridized carbons (Fsp3) is 1.00. The Labute approximate surface area is 176 Å². The van der Waals surface area contributed by atoms with E-state index in [0.29, 0.717) is 0 Å². The maximum Gasteiger partial charge on any atom is 0.0473 e. The highest BCUT2D eigenvalue weighted by Gasteiger charge is 2.44. The highest BCUT2D eigenvalue weighted by Crippen LogP contribution is 3.17. The molecule has 0 saturated heterocycles. The highest BCUT2D eigenvalue weighted by atomic mass is 33.0. The third-order valence-corrected chi connectivity index (χ3v) is 83.4. The van der Waals surface area contributed by atoms with Crippen molar-refractivity contribution >= 4 is 171 Å². The maximum absolute atomic E-state index is 10.00. The maximum atomic E-state index is 10.00. The van der Waals surface area contributed by atoms with Crippen molar-refractivity contribution in [3.8, 4) is 0 Å². The second kappa shape index (κ2) is 16.6. The Morgan fingerprint density at radius 1 is 0.409 bits per heavy atom. The molecule has 22 heavy (non-hydrogen) atoms. The molecule has 0 spiro atoms. The predicted octanol–water partition coefficient (Wildman–Crippen LogP) is 11.6. The van der Waals surface area contributed by atoms with E-state index in [1.807, 2.05) is 0 Å². The minimum atomic E-state index is -0.369. The van der Waals surface area contributed by atoms with Crippen LogP contribution in [0.15, 0.2) is 0 Å². The fourth-order valence-corrected chi connectivity index (χ4v) is 157. The van der Waals surface area contributed by atoms with Crippen LogP contribution in [-0.2, 0) is 0 Å². The Hall–Kier alpha value is 9.03. The van der Waals surface area contributed by atoms with Crippen molar-refractivity contribution in [3.05, 3.63) is 0 Å². The topological polar surface area (TPSA) is 0 Å². The first-order valence-corrected chi connectivity index (χ1v) is 40.7. The molecule has 0 rings (SSSR count). The van der Waals surface area contributed by atoms with E-state index in [2.05, 4.69) is 107 Å². The van der Waals surface area contributed by atoms with Crippen LogP contribution in [-0.4, -0.2) is 5.12 Å². The number of rotatable bonds is 9. The molecule has 0 fully saturated rings. The summed E-state index contributed by atoms with van der Waals surface area (Å²) in [5.74, 6) is 0. The van der Waals surface area contributed by atoms with Gasteiger partial charge in [-0.15, -0.1) is 107 Å². The van der Waals surface area contributed by atoms with Crippen molar-refractivity contribution in [2.24, 2.45) is 0 Å². The van der Waals surface area contributed by atoms with E-state index in [1.165, 1.54) is 0 Å². The minimum absolute atomic E-state index is 0.251. The van der Waals surface area contributed by atoms with Crippen molar-refractivity contribution < 1.29 is 1.37 Å². The highest BCUT2D eigenvalue weighted by molar-refractivity contribution is 9.07. The molecule has 0 nitrogen and oxygen atoms in total. The summed E-state index contributed by atoms with van der Waals surface area (Å²) in [4.78, 5) is 0. The van der Waals surface area contributed by atoms with Gasteiger partial charge in [-0.2, -0.15) is 0 Å². The molecule has 0 aliphatic rings. The van der Waals surface area contributed by atoms with Crippen LogP contribution in [0.25, 0.3) is 0 Å². The second-order valence-corrected chi connectivity index (χ2v) is 76.9. The van der Waals surface area contributed by atoms with Crippen molar-refractivity contribution in [1.29, 1.82) is 0 Å². The summed E-state index contributed by atoms with van der Waals surface area (Å²) in [5.41, 5.74) is 0. The van der Waals surface area contributed by atoms with Gasteiger partial charge in [0.15, 0.2) is 0 Å². The third-order valence-electron chi connectivity index (χ3n) is 1.85. The predicted molar refractivity (Wildman–Crippen MR) is 183 cm³/mol. The van der Waals surface area contributed by atoms with Gasteiger partial charge in [-0.05, 0) is 63.8 Å². The van der Waals surface area contributed by atoms with Gasteiger partial charge in [-0.25, -0.2) is 0 Å². The van der Waals surface area contributed by atoms with E-state index in [0.717, 1.165) is 0 Å². The molecule has 0 aromatic rings. The summed E-state index contributed by atoms with van der Waals surface area (Å²) in [7, 11) is 35.7. The zero-order valence-corrected chi connectivity index (χ0v) is 33.4. The van der Waals surface area contributed by atoms with E-state index < -0.39 is 0 Å². The number of hydrogen-bond acceptors (Lipinski definition) is 0. The van der Waals surface area contributed by atoms with Crippen LogP contribution in [0, 0.1) is 0 Å². The van der Waals surface area contributed by atoms with E-state index in [1.54, 1.807) is 0 Å². The van der Waals surface area contributed by atoms with Gasteiger partial charge in [0.25, 0.3) is 0 Å². The van der Waals surface area contributed by atoms with Gasteiger partial charge in [0, 0.05) is 6.49 Å². The molecule has 12 atom stereocenters. The summed E-state index contributed by atoms with van der Waals surface area (Å²) in [6.45, 7) is -1.55. The van der Waals surface area contributed by atoms with Gasteiger partial charge in [0.2, 0.25) is 0 Å². The Bertz CT molecular complexity index is 256. The molecule has 0 saturated carbocycles. The summed E-state index contributed by atoms with van der Waals surface area (Å²) in [5, 5.41) is -0.251. The average Bonchev–Trinajstić information content (AvgIpc) is 2.23.